The van der Waals surface area contributed by atoms with Gasteiger partial charge in [0.2, 0.25) is 0 Å². The van der Waals surface area contributed by atoms with Crippen LogP contribution in [0.4, 0.5) is 11.5 Å². The molecule has 5 rings (SSSR count). The van der Waals surface area contributed by atoms with Gasteiger partial charge in [-0.2, -0.15) is 17.4 Å². The SMILES string of the molecule is O=S(=O)(NC1CCN(Cc2ccc3c(c2)Nc2nccnc2S3)CC1)N1CCCCC1. The molecule has 166 valence electrons. The van der Waals surface area contributed by atoms with Gasteiger partial charge < -0.3 is 5.32 Å². The van der Waals surface area contributed by atoms with Crippen LogP contribution in [0.1, 0.15) is 37.7 Å². The van der Waals surface area contributed by atoms with E-state index < -0.39 is 10.2 Å². The van der Waals surface area contributed by atoms with Crippen LogP contribution in [-0.2, 0) is 16.8 Å². The van der Waals surface area contributed by atoms with Gasteiger partial charge in [0, 0.05) is 56.1 Å². The molecular weight excluding hydrogens is 432 g/mol. The van der Waals surface area contributed by atoms with Crippen molar-refractivity contribution in [1.29, 1.82) is 0 Å². The Balaban J connectivity index is 1.15. The van der Waals surface area contributed by atoms with E-state index in [1.165, 1.54) is 5.56 Å². The Bertz CT molecular complexity index is 1030. The molecule has 0 atom stereocenters. The van der Waals surface area contributed by atoms with E-state index in [0.29, 0.717) is 13.1 Å². The number of benzene rings is 1. The standard InChI is InChI=1S/C21H28N6O2S2/c28-31(29,27-10-2-1-3-11-27)25-17-6-12-26(13-7-17)15-16-4-5-19-18(14-16)24-20-21(30-19)23-9-8-22-20/h4-5,8-9,14,17,25H,1-3,6-7,10-13,15H2,(H,22,24). The zero-order valence-electron chi connectivity index (χ0n) is 17.5. The minimum atomic E-state index is -3.35. The second-order valence-corrected chi connectivity index (χ2v) is 11.1. The number of piperidine rings is 2. The van der Waals surface area contributed by atoms with Crippen LogP contribution in [0.25, 0.3) is 0 Å². The lowest BCUT2D eigenvalue weighted by molar-refractivity contribution is 0.198. The van der Waals surface area contributed by atoms with Crippen LogP contribution in [0.3, 0.4) is 0 Å². The Labute approximate surface area is 188 Å². The Hall–Kier alpha value is -1.72. The Morgan fingerprint density at radius 3 is 2.65 bits per heavy atom. The van der Waals surface area contributed by atoms with Crippen molar-refractivity contribution in [3.8, 4) is 0 Å². The van der Waals surface area contributed by atoms with Crippen LogP contribution in [0.2, 0.25) is 0 Å². The molecule has 31 heavy (non-hydrogen) atoms. The number of hydrogen-bond donors (Lipinski definition) is 2. The second kappa shape index (κ2) is 9.03. The van der Waals surface area contributed by atoms with Gasteiger partial charge in [0.1, 0.15) is 5.03 Å². The first kappa shape index (κ1) is 21.1. The topological polar surface area (TPSA) is 90.5 Å². The first-order valence-corrected chi connectivity index (χ1v) is 13.2. The maximum atomic E-state index is 12.6. The maximum Gasteiger partial charge on any atom is 0.279 e. The minimum absolute atomic E-state index is 0.0276. The molecule has 0 radical (unpaired) electrons. The second-order valence-electron chi connectivity index (χ2n) is 8.40. The van der Waals surface area contributed by atoms with Gasteiger partial charge in [-0.05, 0) is 43.4 Å². The summed E-state index contributed by atoms with van der Waals surface area (Å²) < 4.78 is 29.8. The summed E-state index contributed by atoms with van der Waals surface area (Å²) in [6.45, 7) is 3.93. The third-order valence-electron chi connectivity index (χ3n) is 6.13. The van der Waals surface area contributed by atoms with Gasteiger partial charge >= 0.3 is 0 Å². The van der Waals surface area contributed by atoms with Crippen LogP contribution in [0, 0.1) is 0 Å². The van der Waals surface area contributed by atoms with E-state index in [0.717, 1.165) is 73.2 Å². The van der Waals surface area contributed by atoms with E-state index >= 15 is 0 Å². The molecule has 2 fully saturated rings. The van der Waals surface area contributed by atoms with Gasteiger partial charge in [0.25, 0.3) is 10.2 Å². The van der Waals surface area contributed by atoms with E-state index in [9.17, 15) is 8.42 Å². The lowest BCUT2D eigenvalue weighted by Gasteiger charge is -2.34. The van der Waals surface area contributed by atoms with E-state index in [2.05, 4.69) is 43.1 Å². The zero-order valence-corrected chi connectivity index (χ0v) is 19.1. The largest absolute Gasteiger partial charge is 0.337 e. The van der Waals surface area contributed by atoms with Crippen molar-refractivity contribution < 1.29 is 8.42 Å². The number of fused-ring (bicyclic) bond motifs is 2. The molecule has 0 spiro atoms. The first-order valence-electron chi connectivity index (χ1n) is 11.0. The van der Waals surface area contributed by atoms with Gasteiger partial charge in [-0.3, -0.25) is 4.90 Å². The average molecular weight is 461 g/mol. The van der Waals surface area contributed by atoms with Crippen molar-refractivity contribution in [2.75, 3.05) is 31.5 Å². The predicted molar refractivity (Wildman–Crippen MR) is 122 cm³/mol. The van der Waals surface area contributed by atoms with Crippen molar-refractivity contribution in [1.82, 2.24) is 23.9 Å². The Kier molecular flexibility index (Phi) is 6.16. The normalized spacial score (nSPS) is 20.6. The molecule has 0 bridgehead atoms. The fourth-order valence-corrected chi connectivity index (χ4v) is 6.86. The molecule has 3 aliphatic rings. The summed E-state index contributed by atoms with van der Waals surface area (Å²) in [5.74, 6) is 0.805. The third kappa shape index (κ3) is 4.88. The van der Waals surface area contributed by atoms with Gasteiger partial charge in [-0.15, -0.1) is 0 Å². The lowest BCUT2D eigenvalue weighted by atomic mass is 10.1. The molecular formula is C21H28N6O2S2. The number of likely N-dealkylation sites (tertiary alicyclic amines) is 1. The highest BCUT2D eigenvalue weighted by molar-refractivity contribution is 7.99. The van der Waals surface area contributed by atoms with Crippen molar-refractivity contribution in [2.45, 2.75) is 54.6 Å². The summed E-state index contributed by atoms with van der Waals surface area (Å²) in [4.78, 5) is 12.3. The van der Waals surface area contributed by atoms with Crippen LogP contribution in [-0.4, -0.2) is 59.8 Å². The summed E-state index contributed by atoms with van der Waals surface area (Å²) in [6, 6.07) is 6.52. The fourth-order valence-electron chi connectivity index (χ4n) is 4.44. The van der Waals surface area contributed by atoms with Gasteiger partial charge in [-0.25, -0.2) is 9.97 Å². The van der Waals surface area contributed by atoms with E-state index in [1.807, 2.05) is 0 Å². The number of hydrogen-bond acceptors (Lipinski definition) is 7. The van der Waals surface area contributed by atoms with Crippen LogP contribution in [0.15, 0.2) is 40.5 Å². The van der Waals surface area contributed by atoms with E-state index in [4.69, 9.17) is 0 Å². The summed E-state index contributed by atoms with van der Waals surface area (Å²) in [6.07, 6.45) is 8.15. The number of rotatable bonds is 5. The number of nitrogens with one attached hydrogen (secondary N) is 2. The van der Waals surface area contributed by atoms with Crippen molar-refractivity contribution >= 4 is 33.5 Å². The molecule has 2 aromatic rings. The lowest BCUT2D eigenvalue weighted by Crippen LogP contribution is -2.50. The molecule has 8 nitrogen and oxygen atoms in total. The van der Waals surface area contributed by atoms with Gasteiger partial charge in [0.05, 0.1) is 5.69 Å². The smallest absolute Gasteiger partial charge is 0.279 e. The highest BCUT2D eigenvalue weighted by Crippen LogP contribution is 2.42. The molecule has 0 unspecified atom stereocenters. The molecule has 2 N–H and O–H groups in total. The summed E-state index contributed by atoms with van der Waals surface area (Å²) in [7, 11) is -3.35. The van der Waals surface area contributed by atoms with Crippen LogP contribution in [0.5, 0.6) is 0 Å². The zero-order chi connectivity index (χ0) is 21.3. The van der Waals surface area contributed by atoms with Crippen LogP contribution < -0.4 is 10.0 Å². The Morgan fingerprint density at radius 2 is 1.84 bits per heavy atom. The van der Waals surface area contributed by atoms with Crippen LogP contribution >= 0.6 is 11.8 Å². The third-order valence-corrected chi connectivity index (χ3v) is 8.88. The quantitative estimate of drug-likeness (QED) is 0.605. The molecule has 1 aromatic carbocycles. The van der Waals surface area contributed by atoms with E-state index in [-0.39, 0.29) is 6.04 Å². The summed E-state index contributed by atoms with van der Waals surface area (Å²) in [5.41, 5.74) is 2.31. The molecule has 10 heteroatoms. The first-order chi connectivity index (χ1) is 15.1. The molecule has 3 aliphatic heterocycles. The highest BCUT2D eigenvalue weighted by Gasteiger charge is 2.29. The summed E-state index contributed by atoms with van der Waals surface area (Å²) in [5, 5.41) is 4.29. The maximum absolute atomic E-state index is 12.6. The monoisotopic (exact) mass is 460 g/mol. The molecule has 0 saturated carbocycles. The summed E-state index contributed by atoms with van der Waals surface area (Å²) >= 11 is 1.64. The van der Waals surface area contributed by atoms with Crippen molar-refractivity contribution in [2.24, 2.45) is 0 Å². The van der Waals surface area contributed by atoms with Gasteiger partial charge in [-0.1, -0.05) is 24.2 Å². The Morgan fingerprint density at radius 1 is 1.06 bits per heavy atom. The number of nitrogens with zero attached hydrogens (tertiary/aromatic N) is 4. The highest BCUT2D eigenvalue weighted by atomic mass is 32.2. The molecule has 4 heterocycles. The van der Waals surface area contributed by atoms with Gasteiger partial charge in [0.15, 0.2) is 5.82 Å². The molecule has 0 amide bonds. The molecule has 2 saturated heterocycles. The number of aromatic nitrogens is 2. The van der Waals surface area contributed by atoms with Crippen molar-refractivity contribution in [3.63, 3.8) is 0 Å². The predicted octanol–water partition coefficient (Wildman–Crippen LogP) is 2.97. The molecule has 1 aromatic heterocycles. The minimum Gasteiger partial charge on any atom is -0.337 e. The van der Waals surface area contributed by atoms with E-state index in [1.54, 1.807) is 28.5 Å². The average Bonchev–Trinajstić information content (AvgIpc) is 2.79. The van der Waals surface area contributed by atoms with Crippen molar-refractivity contribution in [3.05, 3.63) is 36.2 Å². The number of anilines is 2. The molecule has 0 aliphatic carbocycles. The fraction of sp³-hybridized carbons (Fsp3) is 0.524.